The lowest BCUT2D eigenvalue weighted by atomic mass is 9.96. The van der Waals surface area contributed by atoms with Crippen molar-refractivity contribution in [2.45, 2.75) is 37.8 Å². The average molecular weight is 264 g/mol. The number of hydrogen-bond donors (Lipinski definition) is 1. The number of aromatic carboxylic acids is 1. The van der Waals surface area contributed by atoms with E-state index in [4.69, 9.17) is 5.11 Å². The van der Waals surface area contributed by atoms with Crippen molar-refractivity contribution in [2.75, 3.05) is 14.1 Å². The SMILES string of the molecule is CN(C)C1(Cn2cc(C(=O)O)ccc2=O)CCCC1. The van der Waals surface area contributed by atoms with Crippen LogP contribution in [0.2, 0.25) is 0 Å². The summed E-state index contributed by atoms with van der Waals surface area (Å²) < 4.78 is 1.54. The molecule has 0 spiro atoms. The van der Waals surface area contributed by atoms with Crippen LogP contribution in [0.25, 0.3) is 0 Å². The molecule has 2 rings (SSSR count). The maximum Gasteiger partial charge on any atom is 0.337 e. The highest BCUT2D eigenvalue weighted by Crippen LogP contribution is 2.34. The first kappa shape index (κ1) is 13.8. The van der Waals surface area contributed by atoms with Gasteiger partial charge in [0.05, 0.1) is 5.56 Å². The molecule has 1 aromatic heterocycles. The molecule has 1 aliphatic carbocycles. The maximum atomic E-state index is 11.9. The summed E-state index contributed by atoms with van der Waals surface area (Å²) in [7, 11) is 4.05. The largest absolute Gasteiger partial charge is 0.478 e. The summed E-state index contributed by atoms with van der Waals surface area (Å²) in [5.41, 5.74) is -0.00866. The molecule has 1 saturated carbocycles. The van der Waals surface area contributed by atoms with E-state index in [-0.39, 0.29) is 16.7 Å². The Morgan fingerprint density at radius 1 is 1.37 bits per heavy atom. The van der Waals surface area contributed by atoms with Crippen LogP contribution in [0.4, 0.5) is 0 Å². The molecule has 1 N–H and O–H groups in total. The van der Waals surface area contributed by atoms with Gasteiger partial charge in [0.25, 0.3) is 5.56 Å². The smallest absolute Gasteiger partial charge is 0.337 e. The Morgan fingerprint density at radius 3 is 2.53 bits per heavy atom. The highest BCUT2D eigenvalue weighted by Gasteiger charge is 2.36. The maximum absolute atomic E-state index is 11.9. The van der Waals surface area contributed by atoms with Crippen LogP contribution in [0.1, 0.15) is 36.0 Å². The van der Waals surface area contributed by atoms with Crippen LogP contribution in [-0.2, 0) is 6.54 Å². The zero-order valence-electron chi connectivity index (χ0n) is 11.4. The molecule has 0 unspecified atom stereocenters. The summed E-state index contributed by atoms with van der Waals surface area (Å²) in [5.74, 6) is -1.00. The normalized spacial score (nSPS) is 17.8. The summed E-state index contributed by atoms with van der Waals surface area (Å²) in [4.78, 5) is 25.1. The van der Waals surface area contributed by atoms with Crippen molar-refractivity contribution in [3.8, 4) is 0 Å². The van der Waals surface area contributed by atoms with Gasteiger partial charge in [0.1, 0.15) is 0 Å². The van der Waals surface area contributed by atoms with E-state index in [1.165, 1.54) is 22.9 Å². The highest BCUT2D eigenvalue weighted by molar-refractivity contribution is 5.87. The molecule has 0 atom stereocenters. The highest BCUT2D eigenvalue weighted by atomic mass is 16.4. The van der Waals surface area contributed by atoms with E-state index < -0.39 is 5.97 Å². The molecule has 5 nitrogen and oxygen atoms in total. The molecule has 1 aromatic rings. The van der Waals surface area contributed by atoms with Crippen molar-refractivity contribution < 1.29 is 9.90 Å². The minimum atomic E-state index is -1.00. The quantitative estimate of drug-likeness (QED) is 0.893. The number of pyridine rings is 1. The number of hydrogen-bond acceptors (Lipinski definition) is 3. The Morgan fingerprint density at radius 2 is 2.00 bits per heavy atom. The van der Waals surface area contributed by atoms with Crippen LogP contribution in [-0.4, -0.2) is 40.2 Å². The van der Waals surface area contributed by atoms with Crippen molar-refractivity contribution in [1.82, 2.24) is 9.47 Å². The second kappa shape index (κ2) is 5.17. The van der Waals surface area contributed by atoms with Gasteiger partial charge >= 0.3 is 5.97 Å². The number of likely N-dealkylation sites (N-methyl/N-ethyl adjacent to an activating group) is 1. The number of aromatic nitrogens is 1. The number of carboxylic acids is 1. The first-order chi connectivity index (χ1) is 8.94. The summed E-state index contributed by atoms with van der Waals surface area (Å²) in [6.45, 7) is 0.556. The van der Waals surface area contributed by atoms with Crippen LogP contribution >= 0.6 is 0 Å². The van der Waals surface area contributed by atoms with E-state index in [9.17, 15) is 9.59 Å². The van der Waals surface area contributed by atoms with Gasteiger partial charge in [-0.2, -0.15) is 0 Å². The van der Waals surface area contributed by atoms with E-state index in [0.717, 1.165) is 25.7 Å². The lowest BCUT2D eigenvalue weighted by Gasteiger charge is -2.36. The van der Waals surface area contributed by atoms with Crippen molar-refractivity contribution in [3.63, 3.8) is 0 Å². The van der Waals surface area contributed by atoms with Gasteiger partial charge in [0, 0.05) is 24.3 Å². The predicted molar refractivity (Wildman–Crippen MR) is 72.5 cm³/mol. The number of nitrogens with zero attached hydrogens (tertiary/aromatic N) is 2. The van der Waals surface area contributed by atoms with Crippen molar-refractivity contribution in [3.05, 3.63) is 34.2 Å². The molecule has 0 saturated heterocycles. The van der Waals surface area contributed by atoms with Gasteiger partial charge in [-0.25, -0.2) is 4.79 Å². The van der Waals surface area contributed by atoms with Gasteiger partial charge in [-0.15, -0.1) is 0 Å². The minimum absolute atomic E-state index is 0.0268. The molecule has 1 fully saturated rings. The van der Waals surface area contributed by atoms with Crippen LogP contribution in [0.5, 0.6) is 0 Å². The standard InChI is InChI=1S/C14H20N2O3/c1-15(2)14(7-3-4-8-14)10-16-9-11(13(18)19)5-6-12(16)17/h5-6,9H,3-4,7-8,10H2,1-2H3,(H,18,19). The fourth-order valence-electron chi connectivity index (χ4n) is 2.88. The second-order valence-electron chi connectivity index (χ2n) is 5.51. The minimum Gasteiger partial charge on any atom is -0.478 e. The van der Waals surface area contributed by atoms with E-state index in [2.05, 4.69) is 4.90 Å². The Bertz CT molecular complexity index is 528. The van der Waals surface area contributed by atoms with Crippen LogP contribution in [0, 0.1) is 0 Å². The van der Waals surface area contributed by atoms with Crippen LogP contribution < -0.4 is 5.56 Å². The lowest BCUT2D eigenvalue weighted by molar-refractivity contribution is 0.0694. The Balaban J connectivity index is 2.34. The Labute approximate surface area is 112 Å². The molecule has 0 bridgehead atoms. The Hall–Kier alpha value is -1.62. The van der Waals surface area contributed by atoms with Crippen molar-refractivity contribution in [2.24, 2.45) is 0 Å². The summed E-state index contributed by atoms with van der Waals surface area (Å²) in [6, 6.07) is 2.69. The topological polar surface area (TPSA) is 62.5 Å². The molecule has 0 aromatic carbocycles. The average Bonchev–Trinajstić information content (AvgIpc) is 2.81. The first-order valence-electron chi connectivity index (χ1n) is 6.56. The number of carboxylic acid groups (broad SMARTS) is 1. The molecule has 1 aliphatic rings. The zero-order chi connectivity index (χ0) is 14.0. The van der Waals surface area contributed by atoms with E-state index in [1.54, 1.807) is 0 Å². The Kier molecular flexibility index (Phi) is 3.75. The van der Waals surface area contributed by atoms with Gasteiger partial charge in [0.15, 0.2) is 0 Å². The van der Waals surface area contributed by atoms with Gasteiger partial charge in [0.2, 0.25) is 0 Å². The van der Waals surface area contributed by atoms with Gasteiger partial charge in [-0.3, -0.25) is 4.79 Å². The molecule has 0 radical (unpaired) electrons. The zero-order valence-corrected chi connectivity index (χ0v) is 11.4. The first-order valence-corrected chi connectivity index (χ1v) is 6.56. The second-order valence-corrected chi connectivity index (χ2v) is 5.51. The summed E-state index contributed by atoms with van der Waals surface area (Å²) >= 11 is 0. The number of rotatable bonds is 4. The van der Waals surface area contributed by atoms with Crippen molar-refractivity contribution >= 4 is 5.97 Å². The van der Waals surface area contributed by atoms with E-state index in [1.807, 2.05) is 14.1 Å². The summed E-state index contributed by atoms with van der Waals surface area (Å²) in [5, 5.41) is 9.01. The molecule has 5 heteroatoms. The molecule has 19 heavy (non-hydrogen) atoms. The summed E-state index contributed by atoms with van der Waals surface area (Å²) in [6.07, 6.45) is 5.86. The molecular weight excluding hydrogens is 244 g/mol. The third-order valence-electron chi connectivity index (χ3n) is 4.18. The third-order valence-corrected chi connectivity index (χ3v) is 4.18. The molecule has 0 amide bonds. The molecule has 104 valence electrons. The molecule has 1 heterocycles. The molecule has 0 aliphatic heterocycles. The van der Waals surface area contributed by atoms with Gasteiger partial charge in [-0.05, 0) is 33.0 Å². The van der Waals surface area contributed by atoms with Gasteiger partial charge in [-0.1, -0.05) is 12.8 Å². The van der Waals surface area contributed by atoms with Gasteiger partial charge < -0.3 is 14.6 Å². The van der Waals surface area contributed by atoms with Crippen molar-refractivity contribution in [1.29, 1.82) is 0 Å². The van der Waals surface area contributed by atoms with Crippen LogP contribution in [0.15, 0.2) is 23.1 Å². The fourth-order valence-corrected chi connectivity index (χ4v) is 2.88. The number of carbonyl (C=O) groups is 1. The third kappa shape index (κ3) is 2.71. The fraction of sp³-hybridized carbons (Fsp3) is 0.571. The predicted octanol–water partition coefficient (Wildman–Crippen LogP) is 1.42. The van der Waals surface area contributed by atoms with Crippen LogP contribution in [0.3, 0.4) is 0 Å². The van der Waals surface area contributed by atoms with E-state index in [0.29, 0.717) is 6.54 Å². The monoisotopic (exact) mass is 264 g/mol. The van der Waals surface area contributed by atoms with E-state index >= 15 is 0 Å². The molecular formula is C14H20N2O3. The lowest BCUT2D eigenvalue weighted by Crippen LogP contribution is -2.47.